The van der Waals surface area contributed by atoms with Crippen LogP contribution in [0.25, 0.3) is 16.7 Å². The lowest BCUT2D eigenvalue weighted by Crippen LogP contribution is -2.32. The summed E-state index contributed by atoms with van der Waals surface area (Å²) in [5.41, 5.74) is 2.41. The van der Waals surface area contributed by atoms with Crippen LogP contribution >= 0.6 is 11.6 Å². The molecule has 1 aliphatic rings. The molecular formula is C26H28ClN5O4. The van der Waals surface area contributed by atoms with Crippen molar-refractivity contribution in [1.82, 2.24) is 19.7 Å². The Kier molecular flexibility index (Phi) is 7.11. The van der Waals surface area contributed by atoms with Crippen molar-refractivity contribution in [3.63, 3.8) is 0 Å². The van der Waals surface area contributed by atoms with E-state index < -0.39 is 0 Å². The van der Waals surface area contributed by atoms with Gasteiger partial charge in [-0.25, -0.2) is 14.6 Å². The van der Waals surface area contributed by atoms with Gasteiger partial charge in [-0.1, -0.05) is 23.7 Å². The average molecular weight is 510 g/mol. The summed E-state index contributed by atoms with van der Waals surface area (Å²) in [5, 5.41) is 6.02. The summed E-state index contributed by atoms with van der Waals surface area (Å²) in [6, 6.07) is 11.5. The zero-order chi connectivity index (χ0) is 25.1. The molecule has 0 spiro atoms. The Bertz CT molecular complexity index is 1330. The molecule has 0 radical (unpaired) electrons. The van der Waals surface area contributed by atoms with Gasteiger partial charge in [-0.05, 0) is 42.7 Å². The second-order valence-electron chi connectivity index (χ2n) is 8.49. The number of rotatable bonds is 9. The van der Waals surface area contributed by atoms with Crippen LogP contribution in [0.5, 0.6) is 17.2 Å². The van der Waals surface area contributed by atoms with Gasteiger partial charge in [-0.15, -0.1) is 0 Å². The monoisotopic (exact) mass is 509 g/mol. The zero-order valence-corrected chi connectivity index (χ0v) is 21.2. The molecule has 10 heteroatoms. The minimum atomic E-state index is 0.107. The van der Waals surface area contributed by atoms with Crippen molar-refractivity contribution in [3.05, 3.63) is 59.5 Å². The van der Waals surface area contributed by atoms with E-state index in [9.17, 15) is 0 Å². The van der Waals surface area contributed by atoms with Gasteiger partial charge in [0.25, 0.3) is 0 Å². The average Bonchev–Trinajstić information content (AvgIpc) is 3.58. The highest BCUT2D eigenvalue weighted by molar-refractivity contribution is 6.32. The Hall–Kier alpha value is -3.56. The normalized spacial score (nSPS) is 15.3. The van der Waals surface area contributed by atoms with Gasteiger partial charge in [-0.3, -0.25) is 0 Å². The summed E-state index contributed by atoms with van der Waals surface area (Å²) in [6.45, 7) is 1.98. The Labute approximate surface area is 214 Å². The minimum absolute atomic E-state index is 0.107. The van der Waals surface area contributed by atoms with Gasteiger partial charge in [0.05, 0.1) is 49.7 Å². The molecule has 1 unspecified atom stereocenters. The number of benzene rings is 2. The Morgan fingerprint density at radius 2 is 1.86 bits per heavy atom. The predicted molar refractivity (Wildman–Crippen MR) is 138 cm³/mol. The van der Waals surface area contributed by atoms with Crippen molar-refractivity contribution in [1.29, 1.82) is 0 Å². The van der Waals surface area contributed by atoms with Crippen molar-refractivity contribution in [2.75, 3.05) is 39.4 Å². The van der Waals surface area contributed by atoms with Gasteiger partial charge < -0.3 is 23.8 Å². The molecule has 36 heavy (non-hydrogen) atoms. The quantitative estimate of drug-likeness (QED) is 0.321. The van der Waals surface area contributed by atoms with Crippen LogP contribution in [0.3, 0.4) is 0 Å². The molecule has 2 aromatic carbocycles. The fourth-order valence-corrected chi connectivity index (χ4v) is 4.81. The van der Waals surface area contributed by atoms with Crippen molar-refractivity contribution < 1.29 is 18.9 Å². The predicted octanol–water partition coefficient (Wildman–Crippen LogP) is 4.68. The molecule has 0 bridgehead atoms. The summed E-state index contributed by atoms with van der Waals surface area (Å²) in [5.74, 6) is 2.52. The molecule has 1 atom stereocenters. The zero-order valence-electron chi connectivity index (χ0n) is 20.5. The molecule has 1 aliphatic heterocycles. The van der Waals surface area contributed by atoms with E-state index in [1.807, 2.05) is 36.4 Å². The maximum absolute atomic E-state index is 6.46. The van der Waals surface area contributed by atoms with Crippen molar-refractivity contribution in [2.45, 2.75) is 25.5 Å². The first-order valence-electron chi connectivity index (χ1n) is 11.7. The Morgan fingerprint density at radius 1 is 1.08 bits per heavy atom. The molecule has 5 rings (SSSR count). The lowest BCUT2D eigenvalue weighted by Gasteiger charge is -2.27. The second kappa shape index (κ2) is 10.6. The summed E-state index contributed by atoms with van der Waals surface area (Å²) >= 11 is 6.46. The maximum atomic E-state index is 6.46. The SMILES string of the molecule is COc1cc(CN(CC2CCCO2)c2ncnc3c2cnn3-c2ccccc2Cl)cc(OC)c1OC. The van der Waals surface area contributed by atoms with Crippen LogP contribution in [-0.4, -0.2) is 60.3 Å². The fraction of sp³-hybridized carbons (Fsp3) is 0.346. The second-order valence-corrected chi connectivity index (χ2v) is 8.90. The van der Waals surface area contributed by atoms with Crippen LogP contribution in [0.4, 0.5) is 5.82 Å². The molecule has 4 aromatic rings. The van der Waals surface area contributed by atoms with Gasteiger partial charge in [-0.2, -0.15) is 5.10 Å². The van der Waals surface area contributed by atoms with Crippen molar-refractivity contribution in [3.8, 4) is 22.9 Å². The molecule has 188 valence electrons. The Morgan fingerprint density at radius 3 is 2.53 bits per heavy atom. The van der Waals surface area contributed by atoms with E-state index in [0.717, 1.165) is 41.9 Å². The first-order valence-corrected chi connectivity index (χ1v) is 12.1. The highest BCUT2D eigenvalue weighted by atomic mass is 35.5. The number of ether oxygens (including phenoxy) is 4. The number of nitrogens with zero attached hydrogens (tertiary/aromatic N) is 5. The van der Waals surface area contributed by atoms with Gasteiger partial charge in [0.2, 0.25) is 5.75 Å². The molecule has 2 aromatic heterocycles. The number of halogens is 1. The molecule has 9 nitrogen and oxygen atoms in total. The number of hydrogen-bond donors (Lipinski definition) is 0. The molecule has 0 saturated carbocycles. The summed E-state index contributed by atoms with van der Waals surface area (Å²) in [7, 11) is 4.82. The summed E-state index contributed by atoms with van der Waals surface area (Å²) in [6.07, 6.45) is 5.50. The van der Waals surface area contributed by atoms with Crippen molar-refractivity contribution in [2.24, 2.45) is 0 Å². The van der Waals surface area contributed by atoms with Gasteiger partial charge in [0, 0.05) is 19.7 Å². The van der Waals surface area contributed by atoms with Crippen LogP contribution in [0.2, 0.25) is 5.02 Å². The van der Waals surface area contributed by atoms with E-state index in [4.69, 9.17) is 30.5 Å². The molecule has 0 N–H and O–H groups in total. The largest absolute Gasteiger partial charge is 0.493 e. The van der Waals surface area contributed by atoms with Crippen molar-refractivity contribution >= 4 is 28.5 Å². The van der Waals surface area contributed by atoms with E-state index in [1.54, 1.807) is 38.5 Å². The minimum Gasteiger partial charge on any atom is -0.493 e. The van der Waals surface area contributed by atoms with Crippen LogP contribution in [0, 0.1) is 0 Å². The molecule has 3 heterocycles. The number of fused-ring (bicyclic) bond motifs is 1. The molecule has 0 amide bonds. The highest BCUT2D eigenvalue weighted by Gasteiger charge is 2.24. The summed E-state index contributed by atoms with van der Waals surface area (Å²) < 4.78 is 24.4. The first-order chi connectivity index (χ1) is 17.6. The lowest BCUT2D eigenvalue weighted by atomic mass is 10.1. The standard InChI is InChI=1S/C26H28ClN5O4/c1-33-22-11-17(12-23(34-2)24(22)35-3)14-31(15-18-7-6-10-36-18)25-19-13-30-32(26(19)29-16-28-25)21-9-5-4-8-20(21)27/h4-5,8-9,11-13,16,18H,6-7,10,14-15H2,1-3H3. The van der Waals surface area contributed by atoms with E-state index in [-0.39, 0.29) is 6.10 Å². The smallest absolute Gasteiger partial charge is 0.203 e. The van der Waals surface area contributed by atoms with Crippen LogP contribution in [0.15, 0.2) is 48.9 Å². The summed E-state index contributed by atoms with van der Waals surface area (Å²) in [4.78, 5) is 11.4. The Balaban J connectivity index is 1.57. The van der Waals surface area contributed by atoms with Gasteiger partial charge in [0.15, 0.2) is 17.1 Å². The van der Waals surface area contributed by atoms with Gasteiger partial charge in [0.1, 0.15) is 12.1 Å². The van der Waals surface area contributed by atoms with E-state index in [1.165, 1.54) is 0 Å². The number of aromatic nitrogens is 4. The third-order valence-corrected chi connectivity index (χ3v) is 6.59. The van der Waals surface area contributed by atoms with Gasteiger partial charge >= 0.3 is 0 Å². The highest BCUT2D eigenvalue weighted by Crippen LogP contribution is 2.39. The number of anilines is 1. The molecule has 1 fully saturated rings. The molecule has 0 aliphatic carbocycles. The van der Waals surface area contributed by atoms with Crippen LogP contribution in [-0.2, 0) is 11.3 Å². The first kappa shape index (κ1) is 24.1. The third kappa shape index (κ3) is 4.64. The third-order valence-electron chi connectivity index (χ3n) is 6.27. The number of para-hydroxylation sites is 1. The number of methoxy groups -OCH3 is 3. The van der Waals surface area contributed by atoms with E-state index in [0.29, 0.717) is 41.0 Å². The molecule has 1 saturated heterocycles. The van der Waals surface area contributed by atoms with Crippen LogP contribution < -0.4 is 19.1 Å². The lowest BCUT2D eigenvalue weighted by molar-refractivity contribution is 0.115. The van der Waals surface area contributed by atoms with E-state index in [2.05, 4.69) is 20.0 Å². The van der Waals surface area contributed by atoms with E-state index >= 15 is 0 Å². The van der Waals surface area contributed by atoms with Crippen LogP contribution in [0.1, 0.15) is 18.4 Å². The maximum Gasteiger partial charge on any atom is 0.203 e. The topological polar surface area (TPSA) is 83.8 Å². The molecular weight excluding hydrogens is 482 g/mol. The fourth-order valence-electron chi connectivity index (χ4n) is 4.59. The number of hydrogen-bond acceptors (Lipinski definition) is 8.